The van der Waals surface area contributed by atoms with Gasteiger partial charge in [-0.15, -0.1) is 0 Å². The molecule has 7 heavy (non-hydrogen) atoms. The van der Waals surface area contributed by atoms with Crippen molar-refractivity contribution in [3.05, 3.63) is 0 Å². The molecular formula is I2Na4O. The van der Waals surface area contributed by atoms with Gasteiger partial charge < -0.3 is 53.4 Å². The van der Waals surface area contributed by atoms with E-state index in [1.54, 1.807) is 0 Å². The minimum Gasteiger partial charge on any atom is -2.00 e. The Labute approximate surface area is 167 Å². The van der Waals surface area contributed by atoms with E-state index in [2.05, 4.69) is 0 Å². The number of hydrogen-bond acceptors (Lipinski definition) is 0. The largest absolute Gasteiger partial charge is 2.00 e. The van der Waals surface area contributed by atoms with Crippen LogP contribution in [0.15, 0.2) is 0 Å². The van der Waals surface area contributed by atoms with Gasteiger partial charge in [-0.1, -0.05) is 0 Å². The van der Waals surface area contributed by atoms with Crippen LogP contribution in [-0.4, -0.2) is 0 Å². The summed E-state index contributed by atoms with van der Waals surface area (Å²) < 4.78 is 0. The number of hydrogen-bond donors (Lipinski definition) is 0. The van der Waals surface area contributed by atoms with Crippen molar-refractivity contribution in [3.8, 4) is 0 Å². The van der Waals surface area contributed by atoms with Crippen molar-refractivity contribution in [1.82, 2.24) is 0 Å². The monoisotopic (exact) mass is 362 g/mol. The van der Waals surface area contributed by atoms with Gasteiger partial charge in [-0.2, -0.15) is 0 Å². The average Bonchev–Trinajstić information content (AvgIpc) is 0. The van der Waals surface area contributed by atoms with Gasteiger partial charge in [-0.05, 0) is 0 Å². The molecule has 0 amide bonds. The van der Waals surface area contributed by atoms with E-state index in [0.717, 1.165) is 0 Å². The minimum absolute atomic E-state index is 0. The van der Waals surface area contributed by atoms with Gasteiger partial charge in [0.15, 0.2) is 0 Å². The zero-order valence-electron chi connectivity index (χ0n) is 5.16. The van der Waals surface area contributed by atoms with Gasteiger partial charge in [0.1, 0.15) is 0 Å². The predicted octanol–water partition coefficient (Wildman–Crippen LogP) is -18.1. The molecule has 0 heterocycles. The molecule has 0 bridgehead atoms. The first-order valence-corrected chi connectivity index (χ1v) is 0. The Morgan fingerprint density at radius 3 is 0.429 bits per heavy atom. The van der Waals surface area contributed by atoms with Gasteiger partial charge in [0.2, 0.25) is 0 Å². The van der Waals surface area contributed by atoms with Gasteiger partial charge in [0.25, 0.3) is 0 Å². The fourth-order valence-electron chi connectivity index (χ4n) is 0. The van der Waals surface area contributed by atoms with Crippen LogP contribution in [0.25, 0.3) is 0 Å². The molecule has 0 rings (SSSR count). The van der Waals surface area contributed by atoms with Crippen molar-refractivity contribution in [2.45, 2.75) is 0 Å². The Bertz CT molecular complexity index is 9.65. The molecule has 7 heteroatoms. The predicted molar refractivity (Wildman–Crippen MR) is 0.686 cm³/mol. The van der Waals surface area contributed by atoms with Crippen LogP contribution in [0.1, 0.15) is 0 Å². The molecule has 0 atom stereocenters. The molecule has 0 radical (unpaired) electrons. The summed E-state index contributed by atoms with van der Waals surface area (Å²) >= 11 is 0. The first-order chi connectivity index (χ1) is 0. The van der Waals surface area contributed by atoms with Crippen molar-refractivity contribution < 1.29 is 172 Å². The van der Waals surface area contributed by atoms with Crippen LogP contribution in [0.5, 0.6) is 0 Å². The maximum Gasteiger partial charge on any atom is 1.00 e. The maximum atomic E-state index is 0. The van der Waals surface area contributed by atoms with E-state index in [4.69, 9.17) is 0 Å². The quantitative estimate of drug-likeness (QED) is 0.303. The fourth-order valence-corrected chi connectivity index (χ4v) is 0. The van der Waals surface area contributed by atoms with Gasteiger partial charge in [-0.3, -0.25) is 0 Å². The van der Waals surface area contributed by atoms with E-state index in [0.29, 0.717) is 0 Å². The Kier molecular flexibility index (Phi) is 332. The Hall–Kier alpha value is 5.42. The summed E-state index contributed by atoms with van der Waals surface area (Å²) in [6.07, 6.45) is 0. The molecule has 0 spiro atoms. The third kappa shape index (κ3) is 34.5. The molecule has 0 saturated heterocycles. The van der Waals surface area contributed by atoms with Gasteiger partial charge >= 0.3 is 118 Å². The molecule has 0 aliphatic rings. The maximum absolute atomic E-state index is 0. The van der Waals surface area contributed by atoms with Crippen LogP contribution >= 0.6 is 0 Å². The molecular weight excluding hydrogens is 362 g/mol. The zero-order chi connectivity index (χ0) is 0. The molecule has 0 aromatic heterocycles. The molecule has 0 aromatic rings. The van der Waals surface area contributed by atoms with Crippen LogP contribution < -0.4 is 166 Å². The third-order valence-corrected chi connectivity index (χ3v) is 0. The second-order valence-corrected chi connectivity index (χ2v) is 0. The van der Waals surface area contributed by atoms with E-state index < -0.39 is 0 Å². The molecule has 0 fully saturated rings. The van der Waals surface area contributed by atoms with Crippen LogP contribution in [0.3, 0.4) is 0 Å². The fraction of sp³-hybridized carbons (Fsp3) is 0. The second kappa shape index (κ2) is 42.2. The van der Waals surface area contributed by atoms with Crippen molar-refractivity contribution in [2.75, 3.05) is 0 Å². The van der Waals surface area contributed by atoms with Gasteiger partial charge in [-0.25, -0.2) is 0 Å². The minimum atomic E-state index is 0. The van der Waals surface area contributed by atoms with Crippen LogP contribution in [0, 0.1) is 0 Å². The van der Waals surface area contributed by atoms with E-state index in [1.807, 2.05) is 0 Å². The van der Waals surface area contributed by atoms with E-state index in [9.17, 15) is 0 Å². The Morgan fingerprint density at radius 2 is 0.429 bits per heavy atom. The smallest absolute Gasteiger partial charge is 1.00 e. The van der Waals surface area contributed by atoms with Crippen LogP contribution in [0.2, 0.25) is 0 Å². The summed E-state index contributed by atoms with van der Waals surface area (Å²) in [6.45, 7) is 0. The molecule has 0 aliphatic carbocycles. The number of rotatable bonds is 0. The number of halogens is 2. The summed E-state index contributed by atoms with van der Waals surface area (Å²) in [5, 5.41) is 0. The first kappa shape index (κ1) is 55.1. The van der Waals surface area contributed by atoms with Crippen molar-refractivity contribution in [1.29, 1.82) is 0 Å². The molecule has 0 N–H and O–H groups in total. The molecule has 0 aliphatic heterocycles. The topological polar surface area (TPSA) is 28.5 Å². The van der Waals surface area contributed by atoms with Crippen molar-refractivity contribution in [3.63, 3.8) is 0 Å². The Balaban J connectivity index is 0. The second-order valence-electron chi connectivity index (χ2n) is 0. The van der Waals surface area contributed by atoms with E-state index >= 15 is 0 Å². The zero-order valence-corrected chi connectivity index (χ0v) is 17.5. The molecule has 0 unspecified atom stereocenters. The molecule has 0 aromatic carbocycles. The standard InChI is InChI=1S/2HI.4Na.O/h2*1H;;;;;/q;;4*+1;-2/p-2. The summed E-state index contributed by atoms with van der Waals surface area (Å²) in [5.74, 6) is 0. The normalized spacial score (nSPS) is 0. The summed E-state index contributed by atoms with van der Waals surface area (Å²) in [4.78, 5) is 0. The summed E-state index contributed by atoms with van der Waals surface area (Å²) in [6, 6.07) is 0. The van der Waals surface area contributed by atoms with Gasteiger partial charge in [0.05, 0.1) is 0 Å². The van der Waals surface area contributed by atoms with E-state index in [-0.39, 0.29) is 172 Å². The summed E-state index contributed by atoms with van der Waals surface area (Å²) in [7, 11) is 0. The van der Waals surface area contributed by atoms with Crippen LogP contribution in [0.4, 0.5) is 0 Å². The Morgan fingerprint density at radius 1 is 0.429 bits per heavy atom. The van der Waals surface area contributed by atoms with Crippen molar-refractivity contribution in [2.24, 2.45) is 0 Å². The van der Waals surface area contributed by atoms with Gasteiger partial charge in [0, 0.05) is 0 Å². The third-order valence-electron chi connectivity index (χ3n) is 0. The SMILES string of the molecule is [I-].[I-].[Na+].[Na+].[Na+].[Na+].[O-2]. The van der Waals surface area contributed by atoms with Crippen molar-refractivity contribution >= 4 is 0 Å². The molecule has 1 nitrogen and oxygen atoms in total. The molecule has 24 valence electrons. The van der Waals surface area contributed by atoms with Crippen LogP contribution in [-0.2, 0) is 5.48 Å². The first-order valence-electron chi connectivity index (χ1n) is 0. The molecule has 0 saturated carbocycles. The average molecular weight is 362 g/mol. The van der Waals surface area contributed by atoms with E-state index in [1.165, 1.54) is 0 Å². The summed E-state index contributed by atoms with van der Waals surface area (Å²) in [5.41, 5.74) is 0.